The van der Waals surface area contributed by atoms with Gasteiger partial charge >= 0.3 is 7.60 Å². The summed E-state index contributed by atoms with van der Waals surface area (Å²) in [6.07, 6.45) is 0.538. The number of anilines is 1. The molecule has 1 atom stereocenters. The van der Waals surface area contributed by atoms with E-state index in [-0.39, 0.29) is 12.1 Å². The lowest BCUT2D eigenvalue weighted by Gasteiger charge is -2.14. The smallest absolute Gasteiger partial charge is 0.350 e. The van der Waals surface area contributed by atoms with Gasteiger partial charge in [-0.05, 0) is 39.0 Å². The summed E-state index contributed by atoms with van der Waals surface area (Å²) >= 11 is 1.40. The van der Waals surface area contributed by atoms with Crippen molar-refractivity contribution in [1.82, 2.24) is 19.5 Å². The van der Waals surface area contributed by atoms with Gasteiger partial charge in [0.2, 0.25) is 5.95 Å². The number of ether oxygens (including phenoxy) is 2. The number of fused-ring (bicyclic) bond motifs is 1. The van der Waals surface area contributed by atoms with E-state index in [0.717, 1.165) is 10.6 Å². The first-order valence-corrected chi connectivity index (χ1v) is 11.8. The van der Waals surface area contributed by atoms with E-state index in [1.165, 1.54) is 11.8 Å². The molecule has 2 heterocycles. The fraction of sp³-hybridized carbons (Fsp3) is 0.389. The summed E-state index contributed by atoms with van der Waals surface area (Å²) in [5.41, 5.74) is 7.01. The Bertz CT molecular complexity index is 1070. The average molecular weight is 453 g/mol. The zero-order valence-corrected chi connectivity index (χ0v) is 18.5. The molecule has 0 saturated heterocycles. The quantitative estimate of drug-likeness (QED) is 0.326. The summed E-state index contributed by atoms with van der Waals surface area (Å²) in [5.74, 6) is 0.861. The summed E-state index contributed by atoms with van der Waals surface area (Å²) in [4.78, 5) is 31.9. The van der Waals surface area contributed by atoms with Gasteiger partial charge in [0.05, 0.1) is 25.1 Å². The molecule has 4 N–H and O–H groups in total. The van der Waals surface area contributed by atoms with Crippen LogP contribution in [-0.2, 0) is 15.8 Å². The maximum atomic E-state index is 11.0. The van der Waals surface area contributed by atoms with Gasteiger partial charge in [-0.25, -0.2) is 9.97 Å². The Balaban J connectivity index is 1.83. The molecule has 12 heteroatoms. The van der Waals surface area contributed by atoms with Crippen molar-refractivity contribution in [3.05, 3.63) is 30.6 Å². The lowest BCUT2D eigenvalue weighted by molar-refractivity contribution is 0.0764. The summed E-state index contributed by atoms with van der Waals surface area (Å²) in [6.45, 7) is 5.94. The molecule has 10 nitrogen and oxygen atoms in total. The molecule has 0 saturated carbocycles. The first-order chi connectivity index (χ1) is 14.1. The van der Waals surface area contributed by atoms with Crippen LogP contribution in [0.4, 0.5) is 5.95 Å². The highest BCUT2D eigenvalue weighted by atomic mass is 32.2. The van der Waals surface area contributed by atoms with Crippen molar-refractivity contribution in [2.24, 2.45) is 0 Å². The topological polar surface area (TPSA) is 146 Å². The summed E-state index contributed by atoms with van der Waals surface area (Å²) in [7, 11) is -4.23. The number of benzene rings is 1. The van der Waals surface area contributed by atoms with Crippen LogP contribution >= 0.6 is 19.4 Å². The van der Waals surface area contributed by atoms with E-state index >= 15 is 0 Å². The summed E-state index contributed by atoms with van der Waals surface area (Å²) in [6, 6.07) is 7.66. The van der Waals surface area contributed by atoms with Gasteiger partial charge in [0.15, 0.2) is 5.65 Å². The molecule has 30 heavy (non-hydrogen) atoms. The number of nitrogens with zero attached hydrogens (tertiary/aromatic N) is 4. The van der Waals surface area contributed by atoms with Crippen LogP contribution in [0.15, 0.2) is 40.5 Å². The molecule has 0 bridgehead atoms. The predicted octanol–water partition coefficient (Wildman–Crippen LogP) is 2.89. The number of hydrogen-bond acceptors (Lipinski definition) is 8. The molecule has 1 aromatic carbocycles. The van der Waals surface area contributed by atoms with Crippen molar-refractivity contribution in [2.75, 3.05) is 12.1 Å². The highest BCUT2D eigenvalue weighted by Gasteiger charge is 2.18. The largest absolute Gasteiger partial charge is 0.491 e. The highest BCUT2D eigenvalue weighted by molar-refractivity contribution is 7.99. The van der Waals surface area contributed by atoms with E-state index < -0.39 is 20.0 Å². The number of nitrogens with two attached hydrogens (primary N) is 1. The molecule has 162 valence electrons. The van der Waals surface area contributed by atoms with Gasteiger partial charge in [-0.15, -0.1) is 0 Å². The van der Waals surface area contributed by atoms with Gasteiger partial charge in [0.25, 0.3) is 0 Å². The minimum atomic E-state index is -4.23. The third-order valence-corrected chi connectivity index (χ3v) is 5.28. The van der Waals surface area contributed by atoms with Crippen molar-refractivity contribution >= 4 is 36.5 Å². The lowest BCUT2D eigenvalue weighted by Crippen LogP contribution is -2.17. The summed E-state index contributed by atoms with van der Waals surface area (Å²) in [5, 5.41) is 0.599. The number of imidazole rings is 1. The van der Waals surface area contributed by atoms with E-state index in [2.05, 4.69) is 15.0 Å². The van der Waals surface area contributed by atoms with Crippen molar-refractivity contribution in [3.8, 4) is 5.75 Å². The Labute approximate surface area is 178 Å². The molecular weight excluding hydrogens is 429 g/mol. The molecule has 1 unspecified atom stereocenters. The van der Waals surface area contributed by atoms with E-state index in [1.54, 1.807) is 17.8 Å². The van der Waals surface area contributed by atoms with Crippen molar-refractivity contribution < 1.29 is 23.8 Å². The van der Waals surface area contributed by atoms with Gasteiger partial charge in [0.1, 0.15) is 22.6 Å². The second kappa shape index (κ2) is 9.32. The standard InChI is InChI=1S/C18H24N5O5PS/c1-11(2)28-13-5-4-6-14(7-13)30-17-15-16(21-18(19)22-17)23(9-20-15)8-12(3)27-10-29(24,25)26/h4-7,9,11-12H,8,10H2,1-3H3,(H2,19,21,22)(H2,24,25,26). The first kappa shape index (κ1) is 22.5. The lowest BCUT2D eigenvalue weighted by atomic mass is 10.3. The minimum absolute atomic E-state index is 0.0668. The Kier molecular flexibility index (Phi) is 6.99. The molecule has 0 amide bonds. The normalized spacial score (nSPS) is 13.1. The monoisotopic (exact) mass is 453 g/mol. The maximum Gasteiger partial charge on any atom is 0.350 e. The maximum absolute atomic E-state index is 11.0. The molecule has 3 rings (SSSR count). The minimum Gasteiger partial charge on any atom is -0.491 e. The van der Waals surface area contributed by atoms with Crippen LogP contribution in [0.1, 0.15) is 20.8 Å². The highest BCUT2D eigenvalue weighted by Crippen LogP contribution is 2.35. The molecule has 0 aliphatic heterocycles. The van der Waals surface area contributed by atoms with Crippen LogP contribution in [-0.4, -0.2) is 47.9 Å². The number of aromatic nitrogens is 4. The van der Waals surface area contributed by atoms with E-state index in [1.807, 2.05) is 38.1 Å². The molecule has 0 aliphatic carbocycles. The molecule has 2 aromatic heterocycles. The van der Waals surface area contributed by atoms with Crippen LogP contribution in [0.2, 0.25) is 0 Å². The predicted molar refractivity (Wildman–Crippen MR) is 114 cm³/mol. The third-order valence-electron chi connectivity index (χ3n) is 3.82. The Hall–Kier alpha value is -2.17. The fourth-order valence-electron chi connectivity index (χ4n) is 2.69. The second-order valence-electron chi connectivity index (χ2n) is 6.97. The van der Waals surface area contributed by atoms with Gasteiger partial charge in [0, 0.05) is 4.90 Å². The third kappa shape index (κ3) is 6.16. The zero-order chi connectivity index (χ0) is 21.9. The number of rotatable bonds is 9. The van der Waals surface area contributed by atoms with Crippen LogP contribution in [0, 0.1) is 0 Å². The molecule has 0 aliphatic rings. The SMILES string of the molecule is CC(C)Oc1cccc(Sc2nc(N)nc3c2ncn3CC(C)OCP(=O)(O)O)c1. The van der Waals surface area contributed by atoms with Gasteiger partial charge in [-0.1, -0.05) is 17.8 Å². The van der Waals surface area contributed by atoms with Crippen LogP contribution in [0.25, 0.3) is 11.2 Å². The second-order valence-corrected chi connectivity index (χ2v) is 9.62. The van der Waals surface area contributed by atoms with Gasteiger partial charge in [-0.2, -0.15) is 4.98 Å². The first-order valence-electron chi connectivity index (χ1n) is 9.20. The van der Waals surface area contributed by atoms with Crippen LogP contribution in [0.3, 0.4) is 0 Å². The molecule has 0 spiro atoms. The Morgan fingerprint density at radius 1 is 1.27 bits per heavy atom. The Morgan fingerprint density at radius 3 is 2.73 bits per heavy atom. The average Bonchev–Trinajstić information content (AvgIpc) is 3.02. The zero-order valence-electron chi connectivity index (χ0n) is 16.8. The molecule has 0 fully saturated rings. The molecule has 0 radical (unpaired) electrons. The summed E-state index contributed by atoms with van der Waals surface area (Å²) < 4.78 is 23.7. The van der Waals surface area contributed by atoms with Gasteiger partial charge < -0.3 is 29.6 Å². The van der Waals surface area contributed by atoms with Crippen molar-refractivity contribution in [3.63, 3.8) is 0 Å². The Morgan fingerprint density at radius 2 is 2.03 bits per heavy atom. The van der Waals surface area contributed by atoms with Gasteiger partial charge in [-0.3, -0.25) is 4.57 Å². The van der Waals surface area contributed by atoms with E-state index in [9.17, 15) is 4.57 Å². The molecular formula is C18H24N5O5PS. The van der Waals surface area contributed by atoms with Crippen LogP contribution in [0.5, 0.6) is 5.75 Å². The van der Waals surface area contributed by atoms with Crippen molar-refractivity contribution in [2.45, 2.75) is 49.4 Å². The fourth-order valence-corrected chi connectivity index (χ4v) is 4.06. The van der Waals surface area contributed by atoms with Crippen LogP contribution < -0.4 is 10.5 Å². The van der Waals surface area contributed by atoms with Crippen molar-refractivity contribution in [1.29, 1.82) is 0 Å². The van der Waals surface area contributed by atoms with E-state index in [4.69, 9.17) is 25.0 Å². The van der Waals surface area contributed by atoms with E-state index in [0.29, 0.717) is 22.7 Å². The number of nitrogen functional groups attached to an aromatic ring is 1. The number of hydrogen-bond donors (Lipinski definition) is 3. The molecule has 3 aromatic rings.